The summed E-state index contributed by atoms with van der Waals surface area (Å²) in [4.78, 5) is 1.97. The Morgan fingerprint density at radius 3 is 2.67 bits per heavy atom. The SMILES string of the molecule is CN(Cc1ccc(F)c(C(F)(F)F)c1)CC1CCCCN1. The fourth-order valence-corrected chi connectivity index (χ4v) is 2.72. The third kappa shape index (κ3) is 4.68. The summed E-state index contributed by atoms with van der Waals surface area (Å²) in [5.74, 6) is -1.22. The Morgan fingerprint density at radius 1 is 1.29 bits per heavy atom. The molecule has 1 fully saturated rings. The number of likely N-dealkylation sites (N-methyl/N-ethyl adjacent to an activating group) is 1. The van der Waals surface area contributed by atoms with Crippen molar-refractivity contribution in [1.29, 1.82) is 0 Å². The first-order chi connectivity index (χ1) is 9.86. The minimum absolute atomic E-state index is 0.377. The van der Waals surface area contributed by atoms with Crippen LogP contribution in [0.4, 0.5) is 17.6 Å². The highest BCUT2D eigenvalue weighted by Crippen LogP contribution is 2.32. The van der Waals surface area contributed by atoms with E-state index in [-0.39, 0.29) is 0 Å². The highest BCUT2D eigenvalue weighted by molar-refractivity contribution is 5.27. The van der Waals surface area contributed by atoms with Crippen LogP contribution in [0.1, 0.15) is 30.4 Å². The summed E-state index contributed by atoms with van der Waals surface area (Å²) in [6, 6.07) is 3.59. The topological polar surface area (TPSA) is 15.3 Å². The van der Waals surface area contributed by atoms with Gasteiger partial charge in [-0.2, -0.15) is 13.2 Å². The molecule has 1 heterocycles. The number of rotatable bonds is 4. The van der Waals surface area contributed by atoms with Crippen LogP contribution in [-0.4, -0.2) is 31.1 Å². The van der Waals surface area contributed by atoms with E-state index in [0.717, 1.165) is 31.6 Å². The predicted molar refractivity (Wildman–Crippen MR) is 73.4 cm³/mol. The van der Waals surface area contributed by atoms with Crippen LogP contribution in [0, 0.1) is 5.82 Å². The molecule has 0 bridgehead atoms. The van der Waals surface area contributed by atoms with Crippen LogP contribution in [0.5, 0.6) is 0 Å². The van der Waals surface area contributed by atoms with Gasteiger partial charge in [0, 0.05) is 19.1 Å². The molecule has 1 aliphatic rings. The smallest absolute Gasteiger partial charge is 0.313 e. The second-order valence-corrected chi connectivity index (χ2v) is 5.66. The van der Waals surface area contributed by atoms with Crippen molar-refractivity contribution < 1.29 is 17.6 Å². The minimum Gasteiger partial charge on any atom is -0.313 e. The lowest BCUT2D eigenvalue weighted by Gasteiger charge is -2.28. The molecule has 0 aliphatic carbocycles. The lowest BCUT2D eigenvalue weighted by molar-refractivity contribution is -0.140. The number of alkyl halides is 3. The maximum atomic E-state index is 13.2. The van der Waals surface area contributed by atoms with Gasteiger partial charge in [0.25, 0.3) is 0 Å². The highest BCUT2D eigenvalue weighted by Gasteiger charge is 2.34. The fourth-order valence-electron chi connectivity index (χ4n) is 2.72. The van der Waals surface area contributed by atoms with Crippen molar-refractivity contribution in [2.45, 2.75) is 38.0 Å². The average molecular weight is 304 g/mol. The minimum atomic E-state index is -4.65. The summed E-state index contributed by atoms with van der Waals surface area (Å²) < 4.78 is 51.3. The second kappa shape index (κ2) is 6.75. The molecule has 21 heavy (non-hydrogen) atoms. The van der Waals surface area contributed by atoms with Crippen molar-refractivity contribution in [3.63, 3.8) is 0 Å². The highest BCUT2D eigenvalue weighted by atomic mass is 19.4. The van der Waals surface area contributed by atoms with Crippen molar-refractivity contribution >= 4 is 0 Å². The summed E-state index contributed by atoms with van der Waals surface area (Å²) in [5.41, 5.74) is -0.716. The van der Waals surface area contributed by atoms with E-state index in [0.29, 0.717) is 18.2 Å². The molecule has 2 rings (SSSR count). The van der Waals surface area contributed by atoms with Gasteiger partial charge in [-0.1, -0.05) is 12.5 Å². The molecule has 118 valence electrons. The van der Waals surface area contributed by atoms with Crippen LogP contribution >= 0.6 is 0 Å². The zero-order chi connectivity index (χ0) is 15.5. The third-order valence-corrected chi connectivity index (χ3v) is 3.73. The number of hydrogen-bond acceptors (Lipinski definition) is 2. The molecule has 0 aromatic heterocycles. The van der Waals surface area contributed by atoms with Gasteiger partial charge < -0.3 is 10.2 Å². The summed E-state index contributed by atoms with van der Waals surface area (Å²) in [5, 5.41) is 3.40. The first-order valence-electron chi connectivity index (χ1n) is 7.14. The Balaban J connectivity index is 1.98. The first kappa shape index (κ1) is 16.2. The van der Waals surface area contributed by atoms with Crippen molar-refractivity contribution in [1.82, 2.24) is 10.2 Å². The molecule has 1 aromatic rings. The van der Waals surface area contributed by atoms with Crippen LogP contribution in [0.3, 0.4) is 0 Å². The number of nitrogens with one attached hydrogen (secondary N) is 1. The lowest BCUT2D eigenvalue weighted by Crippen LogP contribution is -2.42. The first-order valence-corrected chi connectivity index (χ1v) is 7.14. The van der Waals surface area contributed by atoms with Gasteiger partial charge in [-0.25, -0.2) is 4.39 Å². The molecule has 1 aliphatic heterocycles. The van der Waals surface area contributed by atoms with E-state index < -0.39 is 17.6 Å². The molecule has 1 aromatic carbocycles. The zero-order valence-corrected chi connectivity index (χ0v) is 12.0. The molecular formula is C15H20F4N2. The molecule has 1 saturated heterocycles. The van der Waals surface area contributed by atoms with E-state index in [1.807, 2.05) is 11.9 Å². The number of halogens is 4. The third-order valence-electron chi connectivity index (χ3n) is 3.73. The molecule has 1 N–H and O–H groups in total. The van der Waals surface area contributed by atoms with E-state index in [9.17, 15) is 17.6 Å². The van der Waals surface area contributed by atoms with Gasteiger partial charge in [0.2, 0.25) is 0 Å². The lowest BCUT2D eigenvalue weighted by atomic mass is 10.0. The molecule has 2 nitrogen and oxygen atoms in total. The maximum Gasteiger partial charge on any atom is 0.419 e. The second-order valence-electron chi connectivity index (χ2n) is 5.66. The summed E-state index contributed by atoms with van der Waals surface area (Å²) in [7, 11) is 1.87. The van der Waals surface area contributed by atoms with E-state index >= 15 is 0 Å². The maximum absolute atomic E-state index is 13.2. The number of nitrogens with zero attached hydrogens (tertiary/aromatic N) is 1. The van der Waals surface area contributed by atoms with E-state index in [4.69, 9.17) is 0 Å². The van der Waals surface area contributed by atoms with Gasteiger partial charge in [0.05, 0.1) is 5.56 Å². The molecular weight excluding hydrogens is 284 g/mol. The van der Waals surface area contributed by atoms with Crippen LogP contribution < -0.4 is 5.32 Å². The van der Waals surface area contributed by atoms with Crippen molar-refractivity contribution in [3.8, 4) is 0 Å². The van der Waals surface area contributed by atoms with Gasteiger partial charge in [-0.15, -0.1) is 0 Å². The van der Waals surface area contributed by atoms with Crippen LogP contribution in [0.15, 0.2) is 18.2 Å². The quantitative estimate of drug-likeness (QED) is 0.858. The van der Waals surface area contributed by atoms with E-state index in [2.05, 4.69) is 5.32 Å². The predicted octanol–water partition coefficient (Wildman–Crippen LogP) is 3.42. The van der Waals surface area contributed by atoms with Crippen molar-refractivity contribution in [3.05, 3.63) is 35.1 Å². The largest absolute Gasteiger partial charge is 0.419 e. The molecule has 0 spiro atoms. The summed E-state index contributed by atoms with van der Waals surface area (Å²) in [6.45, 7) is 2.15. The Morgan fingerprint density at radius 2 is 2.05 bits per heavy atom. The standard InChI is InChI=1S/C15H20F4N2/c1-21(10-12-4-2-3-7-20-12)9-11-5-6-14(16)13(8-11)15(17,18)19/h5-6,8,12,20H,2-4,7,9-10H2,1H3. The Labute approximate surface area is 122 Å². The monoisotopic (exact) mass is 304 g/mol. The molecule has 0 saturated carbocycles. The van der Waals surface area contributed by atoms with Crippen molar-refractivity contribution in [2.75, 3.05) is 20.1 Å². The fraction of sp³-hybridized carbons (Fsp3) is 0.600. The normalized spacial score (nSPS) is 20.0. The van der Waals surface area contributed by atoms with Crippen LogP contribution in [-0.2, 0) is 12.7 Å². The Bertz CT molecular complexity index is 467. The summed E-state index contributed by atoms with van der Waals surface area (Å²) >= 11 is 0. The molecule has 1 unspecified atom stereocenters. The van der Waals surface area contributed by atoms with Gasteiger partial charge in [-0.05, 0) is 44.1 Å². The van der Waals surface area contributed by atoms with E-state index in [1.165, 1.54) is 18.9 Å². The summed E-state index contributed by atoms with van der Waals surface area (Å²) in [6.07, 6.45) is -1.21. The van der Waals surface area contributed by atoms with E-state index in [1.54, 1.807) is 0 Å². The average Bonchev–Trinajstić information content (AvgIpc) is 2.41. The number of hydrogen-bond donors (Lipinski definition) is 1. The Kier molecular flexibility index (Phi) is 5.22. The molecule has 0 amide bonds. The number of benzene rings is 1. The zero-order valence-electron chi connectivity index (χ0n) is 12.0. The molecule has 6 heteroatoms. The van der Waals surface area contributed by atoms with Gasteiger partial charge in [0.1, 0.15) is 5.82 Å². The number of piperidine rings is 1. The van der Waals surface area contributed by atoms with Gasteiger partial charge >= 0.3 is 6.18 Å². The van der Waals surface area contributed by atoms with Gasteiger partial charge in [0.15, 0.2) is 0 Å². The van der Waals surface area contributed by atoms with Gasteiger partial charge in [-0.3, -0.25) is 0 Å². The van der Waals surface area contributed by atoms with Crippen molar-refractivity contribution in [2.24, 2.45) is 0 Å². The Hall–Kier alpha value is -1.14. The molecule has 1 atom stereocenters. The molecule has 0 radical (unpaired) electrons. The van der Waals surface area contributed by atoms with Crippen LogP contribution in [0.25, 0.3) is 0 Å². The van der Waals surface area contributed by atoms with Crippen LogP contribution in [0.2, 0.25) is 0 Å².